The van der Waals surface area contributed by atoms with Gasteiger partial charge in [0.15, 0.2) is 0 Å². The number of benzene rings is 1. The van der Waals surface area contributed by atoms with E-state index in [1.54, 1.807) is 11.3 Å². The van der Waals surface area contributed by atoms with Crippen molar-refractivity contribution < 1.29 is 9.53 Å². The number of amides is 1. The summed E-state index contributed by atoms with van der Waals surface area (Å²) in [6.45, 7) is 6.16. The van der Waals surface area contributed by atoms with Crippen LogP contribution in [0.1, 0.15) is 67.6 Å². The fourth-order valence-corrected chi connectivity index (χ4v) is 10.2. The Morgan fingerprint density at radius 2 is 1.90 bits per heavy atom. The van der Waals surface area contributed by atoms with Gasteiger partial charge in [-0.3, -0.25) is 4.79 Å². The fourth-order valence-electron chi connectivity index (χ4n) is 7.83. The Morgan fingerprint density at radius 1 is 1.13 bits per heavy atom. The summed E-state index contributed by atoms with van der Waals surface area (Å²) in [6.07, 6.45) is 7.76. The van der Waals surface area contributed by atoms with E-state index in [1.165, 1.54) is 59.4 Å². The second kappa shape index (κ2) is 7.10. The molecule has 7 rings (SSSR count). The van der Waals surface area contributed by atoms with Crippen molar-refractivity contribution in [1.82, 2.24) is 5.32 Å². The van der Waals surface area contributed by atoms with E-state index in [1.807, 2.05) is 11.8 Å². The van der Waals surface area contributed by atoms with Crippen LogP contribution in [0, 0.1) is 16.7 Å². The van der Waals surface area contributed by atoms with Crippen LogP contribution < -0.4 is 5.32 Å². The van der Waals surface area contributed by atoms with Gasteiger partial charge >= 0.3 is 0 Å². The highest BCUT2D eigenvalue weighted by molar-refractivity contribution is 7.98. The highest BCUT2D eigenvalue weighted by Gasteiger charge is 2.60. The van der Waals surface area contributed by atoms with Crippen LogP contribution in [0.25, 0.3) is 10.4 Å². The third-order valence-electron chi connectivity index (χ3n) is 7.92. The first kappa shape index (κ1) is 20.3. The van der Waals surface area contributed by atoms with E-state index in [0.717, 1.165) is 16.5 Å². The second-order valence-corrected chi connectivity index (χ2v) is 13.2. The van der Waals surface area contributed by atoms with Crippen molar-refractivity contribution in [3.63, 3.8) is 0 Å². The van der Waals surface area contributed by atoms with Crippen LogP contribution >= 0.6 is 23.1 Å². The first-order chi connectivity index (χ1) is 14.8. The first-order valence-electron chi connectivity index (χ1n) is 11.6. The zero-order chi connectivity index (χ0) is 21.3. The Labute approximate surface area is 193 Å². The molecule has 2 heterocycles. The van der Waals surface area contributed by atoms with Crippen molar-refractivity contribution in [2.45, 2.75) is 68.6 Å². The summed E-state index contributed by atoms with van der Waals surface area (Å²) in [5.41, 5.74) is 3.52. The molecule has 1 aromatic heterocycles. The maximum atomic E-state index is 12.8. The number of hydrogen-bond acceptors (Lipinski definition) is 4. The van der Waals surface area contributed by atoms with Gasteiger partial charge in [0.25, 0.3) is 5.91 Å². The zero-order valence-corrected chi connectivity index (χ0v) is 20.1. The van der Waals surface area contributed by atoms with Gasteiger partial charge in [-0.1, -0.05) is 32.0 Å². The number of rotatable bonds is 5. The highest BCUT2D eigenvalue weighted by Crippen LogP contribution is 2.67. The molecule has 2 atom stereocenters. The zero-order valence-electron chi connectivity index (χ0n) is 18.5. The number of thiophene rings is 1. The van der Waals surface area contributed by atoms with Crippen LogP contribution in [0.5, 0.6) is 0 Å². The Kier molecular flexibility index (Phi) is 4.65. The van der Waals surface area contributed by atoms with Crippen LogP contribution in [-0.4, -0.2) is 24.7 Å². The molecule has 164 valence electrons. The molecule has 4 saturated carbocycles. The van der Waals surface area contributed by atoms with Crippen LogP contribution in [0.15, 0.2) is 35.2 Å². The summed E-state index contributed by atoms with van der Waals surface area (Å²) in [7, 11) is 0. The molecule has 0 radical (unpaired) electrons. The van der Waals surface area contributed by atoms with Crippen molar-refractivity contribution in [1.29, 1.82) is 0 Å². The summed E-state index contributed by atoms with van der Waals surface area (Å²) in [5, 5.41) is 3.12. The number of ether oxygens (including phenoxy) is 1. The van der Waals surface area contributed by atoms with Gasteiger partial charge in [-0.25, -0.2) is 0 Å². The maximum Gasteiger partial charge on any atom is 0.261 e. The molecule has 5 aliphatic rings. The molecule has 2 aromatic rings. The molecule has 4 aliphatic carbocycles. The van der Waals surface area contributed by atoms with Gasteiger partial charge in [0.1, 0.15) is 0 Å². The number of carbonyl (C=O) groups excluding carboxylic acids is 1. The van der Waals surface area contributed by atoms with Crippen molar-refractivity contribution in [2.24, 2.45) is 16.7 Å². The van der Waals surface area contributed by atoms with Crippen LogP contribution in [-0.2, 0) is 10.5 Å². The molecule has 31 heavy (non-hydrogen) atoms. The predicted molar refractivity (Wildman–Crippen MR) is 128 cm³/mol. The monoisotopic (exact) mass is 453 g/mol. The molecule has 1 aromatic carbocycles. The molecule has 2 unspecified atom stereocenters. The van der Waals surface area contributed by atoms with Crippen molar-refractivity contribution in [3.05, 3.63) is 40.8 Å². The van der Waals surface area contributed by atoms with Crippen LogP contribution in [0.4, 0.5) is 0 Å². The van der Waals surface area contributed by atoms with Gasteiger partial charge in [0.2, 0.25) is 0 Å². The molecule has 3 nitrogen and oxygen atoms in total. The smallest absolute Gasteiger partial charge is 0.261 e. The van der Waals surface area contributed by atoms with Crippen molar-refractivity contribution in [2.75, 3.05) is 13.2 Å². The van der Waals surface area contributed by atoms with Crippen molar-refractivity contribution >= 4 is 29.0 Å². The number of fused-ring (bicyclic) bond motifs is 3. The van der Waals surface area contributed by atoms with Gasteiger partial charge in [-0.05, 0) is 73.0 Å². The SMILES string of the molecule is CC12CC3CC(C)(C1)CC(OCCNC(=O)c1cc4c(s1)-c1ccccc1SC4)(C3)C2. The number of thioether (sulfide) groups is 1. The molecule has 5 heteroatoms. The standard InChI is InChI=1S/C26H31NO2S2/c1-24-10-17-11-25(2,14-24)16-26(12-17,15-24)29-8-7-27-23(28)21-9-18-13-30-20-6-4-3-5-19(20)22(18)31-21/h3-6,9,17H,7-8,10-16H2,1-2H3,(H,27,28). The topological polar surface area (TPSA) is 38.3 Å². The third-order valence-corrected chi connectivity index (χ3v) is 10.3. The minimum Gasteiger partial charge on any atom is -0.373 e. The Hall–Kier alpha value is -1.30. The van der Waals surface area contributed by atoms with E-state index >= 15 is 0 Å². The van der Waals surface area contributed by atoms with Gasteiger partial charge in [-0.15, -0.1) is 23.1 Å². The van der Waals surface area contributed by atoms with E-state index in [-0.39, 0.29) is 11.5 Å². The first-order valence-corrected chi connectivity index (χ1v) is 13.4. The molecule has 0 spiro atoms. The third kappa shape index (κ3) is 3.57. The fraction of sp³-hybridized carbons (Fsp3) is 0.577. The Balaban J connectivity index is 1.08. The highest BCUT2D eigenvalue weighted by atomic mass is 32.2. The summed E-state index contributed by atoms with van der Waals surface area (Å²) in [4.78, 5) is 16.2. The van der Waals surface area contributed by atoms with Crippen molar-refractivity contribution in [3.8, 4) is 10.4 Å². The minimum absolute atomic E-state index is 0.0370. The molecular weight excluding hydrogens is 422 g/mol. The molecule has 1 amide bonds. The lowest BCUT2D eigenvalue weighted by Crippen LogP contribution is -2.59. The average Bonchev–Trinajstić information content (AvgIpc) is 3.13. The lowest BCUT2D eigenvalue weighted by Gasteiger charge is -2.65. The van der Waals surface area contributed by atoms with Crippen LogP contribution in [0.2, 0.25) is 0 Å². The second-order valence-electron chi connectivity index (χ2n) is 11.2. The summed E-state index contributed by atoms with van der Waals surface area (Å²) in [5.74, 6) is 1.81. The Bertz CT molecular complexity index is 1030. The summed E-state index contributed by atoms with van der Waals surface area (Å²) >= 11 is 3.48. The molecule has 1 N–H and O–H groups in total. The van der Waals surface area contributed by atoms with Gasteiger partial charge in [-0.2, -0.15) is 0 Å². The van der Waals surface area contributed by atoms with E-state index in [0.29, 0.717) is 24.0 Å². The molecule has 1 aliphatic heterocycles. The predicted octanol–water partition coefficient (Wildman–Crippen LogP) is 6.52. The van der Waals surface area contributed by atoms with Gasteiger partial charge in [0.05, 0.1) is 17.1 Å². The minimum atomic E-state index is 0.0370. The largest absolute Gasteiger partial charge is 0.373 e. The lowest BCUT2D eigenvalue weighted by atomic mass is 9.43. The van der Waals surface area contributed by atoms with E-state index in [4.69, 9.17) is 4.74 Å². The van der Waals surface area contributed by atoms with E-state index in [9.17, 15) is 4.79 Å². The molecule has 0 saturated heterocycles. The summed E-state index contributed by atoms with van der Waals surface area (Å²) in [6, 6.07) is 10.6. The number of nitrogens with one attached hydrogen (secondary N) is 1. The van der Waals surface area contributed by atoms with E-state index < -0.39 is 0 Å². The van der Waals surface area contributed by atoms with Gasteiger partial charge in [0, 0.05) is 27.6 Å². The van der Waals surface area contributed by atoms with Gasteiger partial charge < -0.3 is 10.1 Å². The summed E-state index contributed by atoms with van der Waals surface area (Å²) < 4.78 is 6.57. The number of hydrogen-bond donors (Lipinski definition) is 1. The molecule has 4 bridgehead atoms. The number of carbonyl (C=O) groups is 1. The quantitative estimate of drug-likeness (QED) is 0.524. The normalized spacial score (nSPS) is 35.0. The molecule has 4 fully saturated rings. The average molecular weight is 454 g/mol. The molecular formula is C26H31NO2S2. The van der Waals surface area contributed by atoms with Crippen LogP contribution in [0.3, 0.4) is 0 Å². The maximum absolute atomic E-state index is 12.8. The van der Waals surface area contributed by atoms with E-state index in [2.05, 4.69) is 49.5 Å². The Morgan fingerprint density at radius 3 is 2.68 bits per heavy atom. The lowest BCUT2D eigenvalue weighted by molar-refractivity contribution is -0.213.